The average molecular weight is 278 g/mol. The SMILES string of the molecule is O=c1[nH]cnc2c(I)csc12. The molecule has 56 valence electrons. The van der Waals surface area contributed by atoms with Gasteiger partial charge in [0.15, 0.2) is 0 Å². The van der Waals surface area contributed by atoms with Crippen LogP contribution in [0.1, 0.15) is 0 Å². The summed E-state index contributed by atoms with van der Waals surface area (Å²) in [4.78, 5) is 17.7. The largest absolute Gasteiger partial charge is 0.312 e. The lowest BCUT2D eigenvalue weighted by Crippen LogP contribution is -2.03. The number of hydrogen-bond donors (Lipinski definition) is 1. The molecule has 2 aromatic rings. The van der Waals surface area contributed by atoms with Crippen LogP contribution in [-0.4, -0.2) is 9.97 Å². The molecule has 5 heteroatoms. The second-order valence-electron chi connectivity index (χ2n) is 1.99. The molecule has 0 aliphatic carbocycles. The number of thiophene rings is 1. The molecule has 0 aliphatic heterocycles. The van der Waals surface area contributed by atoms with Crippen molar-refractivity contribution in [1.82, 2.24) is 9.97 Å². The van der Waals surface area contributed by atoms with Crippen molar-refractivity contribution in [3.63, 3.8) is 0 Å². The molecule has 0 aromatic carbocycles. The zero-order valence-electron chi connectivity index (χ0n) is 5.30. The van der Waals surface area contributed by atoms with Gasteiger partial charge in [-0.2, -0.15) is 0 Å². The predicted octanol–water partition coefficient (Wildman–Crippen LogP) is 1.59. The van der Waals surface area contributed by atoms with Crippen LogP contribution in [0, 0.1) is 3.57 Å². The van der Waals surface area contributed by atoms with Crippen molar-refractivity contribution in [3.8, 4) is 0 Å². The van der Waals surface area contributed by atoms with E-state index in [-0.39, 0.29) is 5.56 Å². The Morgan fingerprint density at radius 2 is 2.45 bits per heavy atom. The number of rotatable bonds is 0. The quantitative estimate of drug-likeness (QED) is 0.744. The Morgan fingerprint density at radius 3 is 3.18 bits per heavy atom. The van der Waals surface area contributed by atoms with Crippen molar-refractivity contribution >= 4 is 44.1 Å². The maximum absolute atomic E-state index is 11.1. The van der Waals surface area contributed by atoms with E-state index in [1.165, 1.54) is 17.7 Å². The fraction of sp³-hybridized carbons (Fsp3) is 0. The first-order valence-electron chi connectivity index (χ1n) is 2.89. The number of fused-ring (bicyclic) bond motifs is 1. The maximum Gasteiger partial charge on any atom is 0.268 e. The topological polar surface area (TPSA) is 45.8 Å². The summed E-state index contributed by atoms with van der Waals surface area (Å²) >= 11 is 3.59. The van der Waals surface area contributed by atoms with Gasteiger partial charge in [-0.1, -0.05) is 0 Å². The minimum Gasteiger partial charge on any atom is -0.312 e. The number of hydrogen-bond acceptors (Lipinski definition) is 3. The number of aromatic nitrogens is 2. The van der Waals surface area contributed by atoms with E-state index < -0.39 is 0 Å². The minimum absolute atomic E-state index is 0.0529. The number of nitrogens with zero attached hydrogens (tertiary/aromatic N) is 1. The minimum atomic E-state index is -0.0529. The highest BCUT2D eigenvalue weighted by Crippen LogP contribution is 2.21. The van der Waals surface area contributed by atoms with Crippen molar-refractivity contribution in [1.29, 1.82) is 0 Å². The summed E-state index contributed by atoms with van der Waals surface area (Å²) in [6.07, 6.45) is 1.43. The average Bonchev–Trinajstić information content (AvgIpc) is 2.35. The molecular weight excluding hydrogens is 275 g/mol. The van der Waals surface area contributed by atoms with Crippen LogP contribution in [0.4, 0.5) is 0 Å². The third kappa shape index (κ3) is 1.08. The molecule has 0 spiro atoms. The second kappa shape index (κ2) is 2.56. The van der Waals surface area contributed by atoms with Crippen LogP contribution >= 0.6 is 33.9 Å². The Balaban J connectivity index is 3.06. The summed E-state index contributed by atoms with van der Waals surface area (Å²) < 4.78 is 1.74. The van der Waals surface area contributed by atoms with E-state index in [4.69, 9.17) is 0 Å². The molecule has 0 unspecified atom stereocenters. The van der Waals surface area contributed by atoms with Gasteiger partial charge in [0, 0.05) is 5.38 Å². The molecule has 0 saturated carbocycles. The van der Waals surface area contributed by atoms with Crippen molar-refractivity contribution in [2.45, 2.75) is 0 Å². The van der Waals surface area contributed by atoms with E-state index in [2.05, 4.69) is 32.6 Å². The van der Waals surface area contributed by atoms with Crippen LogP contribution in [0.2, 0.25) is 0 Å². The van der Waals surface area contributed by atoms with Crippen LogP contribution < -0.4 is 5.56 Å². The molecule has 2 aromatic heterocycles. The molecule has 0 aliphatic rings. The van der Waals surface area contributed by atoms with Gasteiger partial charge in [-0.3, -0.25) is 4.79 Å². The normalized spacial score (nSPS) is 10.6. The van der Waals surface area contributed by atoms with Crippen LogP contribution in [0.15, 0.2) is 16.5 Å². The van der Waals surface area contributed by atoms with Crippen molar-refractivity contribution in [2.24, 2.45) is 0 Å². The Kier molecular flexibility index (Phi) is 1.68. The number of aromatic amines is 1. The highest BCUT2D eigenvalue weighted by atomic mass is 127. The molecule has 1 N–H and O–H groups in total. The molecule has 0 fully saturated rings. The van der Waals surface area contributed by atoms with Gasteiger partial charge in [0.25, 0.3) is 5.56 Å². The lowest BCUT2D eigenvalue weighted by atomic mass is 10.5. The van der Waals surface area contributed by atoms with Gasteiger partial charge in [-0.05, 0) is 22.6 Å². The van der Waals surface area contributed by atoms with Crippen LogP contribution in [0.5, 0.6) is 0 Å². The fourth-order valence-electron chi connectivity index (χ4n) is 0.833. The number of halogens is 1. The Bertz CT molecular complexity index is 447. The van der Waals surface area contributed by atoms with E-state index in [9.17, 15) is 4.79 Å². The third-order valence-electron chi connectivity index (χ3n) is 1.32. The van der Waals surface area contributed by atoms with Gasteiger partial charge in [0.2, 0.25) is 0 Å². The van der Waals surface area contributed by atoms with Crippen molar-refractivity contribution < 1.29 is 0 Å². The summed E-state index contributed by atoms with van der Waals surface area (Å²) in [6.45, 7) is 0. The molecule has 2 heterocycles. The zero-order valence-corrected chi connectivity index (χ0v) is 8.27. The summed E-state index contributed by atoms with van der Waals surface area (Å²) in [5, 5.41) is 1.92. The van der Waals surface area contributed by atoms with Crippen LogP contribution in [0.25, 0.3) is 10.2 Å². The Labute approximate surface area is 79.6 Å². The molecule has 11 heavy (non-hydrogen) atoms. The van der Waals surface area contributed by atoms with Gasteiger partial charge in [0.05, 0.1) is 9.90 Å². The Hall–Kier alpha value is -0.430. The Morgan fingerprint density at radius 1 is 1.64 bits per heavy atom. The maximum atomic E-state index is 11.1. The summed E-state index contributed by atoms with van der Waals surface area (Å²) in [5.41, 5.74) is 0.752. The van der Waals surface area contributed by atoms with E-state index in [0.29, 0.717) is 4.70 Å². The standard InChI is InChI=1S/C6H3IN2OS/c7-3-1-11-5-4(3)8-2-9-6(5)10/h1-2H,(H,8,9,10). The van der Waals surface area contributed by atoms with E-state index in [0.717, 1.165) is 9.09 Å². The third-order valence-corrected chi connectivity index (χ3v) is 3.53. The molecule has 3 nitrogen and oxygen atoms in total. The molecule has 0 bridgehead atoms. The first-order valence-corrected chi connectivity index (χ1v) is 4.85. The van der Waals surface area contributed by atoms with Crippen molar-refractivity contribution in [2.75, 3.05) is 0 Å². The first-order chi connectivity index (χ1) is 5.29. The number of H-pyrrole nitrogens is 1. The van der Waals surface area contributed by atoms with Crippen molar-refractivity contribution in [3.05, 3.63) is 25.6 Å². The van der Waals surface area contributed by atoms with Gasteiger partial charge < -0.3 is 4.98 Å². The van der Waals surface area contributed by atoms with Gasteiger partial charge in [-0.15, -0.1) is 11.3 Å². The molecule has 0 atom stereocenters. The van der Waals surface area contributed by atoms with E-state index in [1.54, 1.807) is 0 Å². The van der Waals surface area contributed by atoms with E-state index >= 15 is 0 Å². The summed E-state index contributed by atoms with van der Waals surface area (Å²) in [5.74, 6) is 0. The molecule has 0 amide bonds. The lowest BCUT2D eigenvalue weighted by Gasteiger charge is -1.85. The molecule has 0 saturated heterocycles. The molecule has 0 radical (unpaired) electrons. The fourth-order valence-corrected chi connectivity index (χ4v) is 2.58. The number of nitrogens with one attached hydrogen (secondary N) is 1. The van der Waals surface area contributed by atoms with Crippen LogP contribution in [-0.2, 0) is 0 Å². The predicted molar refractivity (Wildman–Crippen MR) is 53.0 cm³/mol. The summed E-state index contributed by atoms with van der Waals surface area (Å²) in [7, 11) is 0. The highest BCUT2D eigenvalue weighted by molar-refractivity contribution is 14.1. The van der Waals surface area contributed by atoms with Gasteiger partial charge >= 0.3 is 0 Å². The molecular formula is C6H3IN2OS. The summed E-state index contributed by atoms with van der Waals surface area (Å²) in [6, 6.07) is 0. The molecule has 2 rings (SSSR count). The zero-order chi connectivity index (χ0) is 7.84. The lowest BCUT2D eigenvalue weighted by molar-refractivity contribution is 1.18. The first kappa shape index (κ1) is 7.23. The smallest absolute Gasteiger partial charge is 0.268 e. The van der Waals surface area contributed by atoms with Crippen LogP contribution in [0.3, 0.4) is 0 Å². The highest BCUT2D eigenvalue weighted by Gasteiger charge is 2.03. The monoisotopic (exact) mass is 278 g/mol. The van der Waals surface area contributed by atoms with Gasteiger partial charge in [0.1, 0.15) is 10.2 Å². The van der Waals surface area contributed by atoms with E-state index in [1.807, 2.05) is 5.38 Å². The van der Waals surface area contributed by atoms with Gasteiger partial charge in [-0.25, -0.2) is 4.98 Å². The second-order valence-corrected chi connectivity index (χ2v) is 4.03.